The Labute approximate surface area is 108 Å². The number of thiophene rings is 1. The summed E-state index contributed by atoms with van der Waals surface area (Å²) in [5, 5.41) is 4.66. The molecule has 2 rings (SSSR count). The Morgan fingerprint density at radius 1 is 1.22 bits per heavy atom. The Bertz CT molecular complexity index is 564. The van der Waals surface area contributed by atoms with Gasteiger partial charge in [-0.05, 0) is 29.6 Å². The average molecular weight is 260 g/mol. The van der Waals surface area contributed by atoms with Crippen molar-refractivity contribution in [3.05, 3.63) is 52.2 Å². The first-order valence-corrected chi connectivity index (χ1v) is 6.25. The van der Waals surface area contributed by atoms with Crippen LogP contribution in [0, 0.1) is 0 Å². The van der Waals surface area contributed by atoms with Crippen molar-refractivity contribution in [3.8, 4) is 0 Å². The summed E-state index contributed by atoms with van der Waals surface area (Å²) in [6, 6.07) is 10.4. The van der Waals surface area contributed by atoms with Crippen molar-refractivity contribution < 1.29 is 9.59 Å². The van der Waals surface area contributed by atoms with Crippen LogP contribution in [0.1, 0.15) is 15.2 Å². The van der Waals surface area contributed by atoms with Crippen molar-refractivity contribution in [3.63, 3.8) is 0 Å². The van der Waals surface area contributed by atoms with Gasteiger partial charge in [-0.25, -0.2) is 0 Å². The highest BCUT2D eigenvalue weighted by Crippen LogP contribution is 2.13. The van der Waals surface area contributed by atoms with E-state index in [1.165, 1.54) is 11.3 Å². The number of benzene rings is 1. The van der Waals surface area contributed by atoms with E-state index < -0.39 is 5.91 Å². The fourth-order valence-corrected chi connectivity index (χ4v) is 2.23. The van der Waals surface area contributed by atoms with E-state index in [0.717, 1.165) is 4.88 Å². The van der Waals surface area contributed by atoms with Crippen molar-refractivity contribution in [2.75, 3.05) is 5.32 Å². The molecule has 1 aromatic heterocycles. The van der Waals surface area contributed by atoms with Gasteiger partial charge in [0.05, 0.1) is 6.42 Å². The monoisotopic (exact) mass is 260 g/mol. The quantitative estimate of drug-likeness (QED) is 0.882. The molecule has 1 heterocycles. The molecule has 0 aliphatic carbocycles. The molecule has 3 N–H and O–H groups in total. The molecule has 0 spiro atoms. The van der Waals surface area contributed by atoms with Gasteiger partial charge in [0.25, 0.3) is 0 Å². The molecule has 0 bridgehead atoms. The van der Waals surface area contributed by atoms with Crippen molar-refractivity contribution in [1.82, 2.24) is 0 Å². The molecule has 18 heavy (non-hydrogen) atoms. The van der Waals surface area contributed by atoms with Gasteiger partial charge in [-0.2, -0.15) is 0 Å². The average Bonchev–Trinajstić information content (AvgIpc) is 2.82. The third-order valence-electron chi connectivity index (χ3n) is 2.35. The standard InChI is InChI=1S/C13H12N2O2S/c14-13(17)9-3-1-4-10(7-9)15-12(16)8-11-5-2-6-18-11/h1-7H,8H2,(H2,14,17)(H,15,16). The Kier molecular flexibility index (Phi) is 3.74. The molecule has 4 nitrogen and oxygen atoms in total. The Morgan fingerprint density at radius 3 is 2.72 bits per heavy atom. The third kappa shape index (κ3) is 3.18. The minimum atomic E-state index is -0.510. The number of nitrogens with one attached hydrogen (secondary N) is 1. The normalized spacial score (nSPS) is 10.0. The van der Waals surface area contributed by atoms with E-state index in [0.29, 0.717) is 17.7 Å². The van der Waals surface area contributed by atoms with Crippen molar-refractivity contribution in [2.24, 2.45) is 5.73 Å². The van der Waals surface area contributed by atoms with E-state index in [9.17, 15) is 9.59 Å². The van der Waals surface area contributed by atoms with Crippen LogP contribution in [-0.2, 0) is 11.2 Å². The fourth-order valence-electron chi connectivity index (χ4n) is 1.53. The number of carbonyl (C=O) groups is 2. The second kappa shape index (κ2) is 5.46. The topological polar surface area (TPSA) is 72.2 Å². The van der Waals surface area contributed by atoms with Gasteiger partial charge in [0.1, 0.15) is 0 Å². The number of hydrogen-bond donors (Lipinski definition) is 2. The van der Waals surface area contributed by atoms with Crippen LogP contribution in [0.4, 0.5) is 5.69 Å². The number of rotatable bonds is 4. The SMILES string of the molecule is NC(=O)c1cccc(NC(=O)Cc2cccs2)c1. The van der Waals surface area contributed by atoms with Crippen LogP contribution in [0.25, 0.3) is 0 Å². The maximum Gasteiger partial charge on any atom is 0.248 e. The molecule has 0 radical (unpaired) electrons. The van der Waals surface area contributed by atoms with Gasteiger partial charge in [0.2, 0.25) is 11.8 Å². The smallest absolute Gasteiger partial charge is 0.248 e. The van der Waals surface area contributed by atoms with E-state index in [1.807, 2.05) is 17.5 Å². The maximum atomic E-state index is 11.7. The van der Waals surface area contributed by atoms with Crippen molar-refractivity contribution >= 4 is 28.8 Å². The van der Waals surface area contributed by atoms with Crippen LogP contribution < -0.4 is 11.1 Å². The largest absolute Gasteiger partial charge is 0.366 e. The Morgan fingerprint density at radius 2 is 2.06 bits per heavy atom. The summed E-state index contributed by atoms with van der Waals surface area (Å²) in [5.41, 5.74) is 6.13. The Hall–Kier alpha value is -2.14. The highest BCUT2D eigenvalue weighted by molar-refractivity contribution is 7.10. The first-order chi connectivity index (χ1) is 8.65. The van der Waals surface area contributed by atoms with E-state index in [1.54, 1.807) is 24.3 Å². The van der Waals surface area contributed by atoms with Gasteiger partial charge in [0, 0.05) is 16.1 Å². The molecule has 0 aliphatic rings. The molecule has 2 amide bonds. The van der Waals surface area contributed by atoms with E-state index in [2.05, 4.69) is 5.32 Å². The predicted octanol–water partition coefficient (Wildman–Crippen LogP) is 2.03. The molecule has 0 atom stereocenters. The van der Waals surface area contributed by atoms with Gasteiger partial charge < -0.3 is 11.1 Å². The number of anilines is 1. The lowest BCUT2D eigenvalue weighted by Crippen LogP contribution is -2.15. The molecular weight excluding hydrogens is 248 g/mol. The summed E-state index contributed by atoms with van der Waals surface area (Å²) in [7, 11) is 0. The molecule has 2 aromatic rings. The second-order valence-electron chi connectivity index (χ2n) is 3.75. The zero-order valence-corrected chi connectivity index (χ0v) is 10.4. The first-order valence-electron chi connectivity index (χ1n) is 5.37. The van der Waals surface area contributed by atoms with Crippen LogP contribution >= 0.6 is 11.3 Å². The summed E-state index contributed by atoms with van der Waals surface area (Å²) < 4.78 is 0. The molecule has 1 aromatic carbocycles. The lowest BCUT2D eigenvalue weighted by molar-refractivity contribution is -0.115. The molecular formula is C13H12N2O2S. The number of primary amides is 1. The zero-order chi connectivity index (χ0) is 13.0. The van der Waals surface area contributed by atoms with Crippen LogP contribution in [-0.4, -0.2) is 11.8 Å². The van der Waals surface area contributed by atoms with Gasteiger partial charge in [-0.1, -0.05) is 12.1 Å². The van der Waals surface area contributed by atoms with Gasteiger partial charge in [0.15, 0.2) is 0 Å². The van der Waals surface area contributed by atoms with E-state index in [4.69, 9.17) is 5.73 Å². The van der Waals surface area contributed by atoms with Crippen LogP contribution in [0.5, 0.6) is 0 Å². The zero-order valence-electron chi connectivity index (χ0n) is 9.55. The molecule has 0 aliphatic heterocycles. The summed E-state index contributed by atoms with van der Waals surface area (Å²) >= 11 is 1.53. The summed E-state index contributed by atoms with van der Waals surface area (Å²) in [6.07, 6.45) is 0.332. The highest BCUT2D eigenvalue weighted by atomic mass is 32.1. The number of amides is 2. The first kappa shape index (κ1) is 12.3. The van der Waals surface area contributed by atoms with E-state index in [-0.39, 0.29) is 5.91 Å². The van der Waals surface area contributed by atoms with Crippen LogP contribution in [0.15, 0.2) is 41.8 Å². The van der Waals surface area contributed by atoms with Crippen molar-refractivity contribution in [1.29, 1.82) is 0 Å². The van der Waals surface area contributed by atoms with Crippen molar-refractivity contribution in [2.45, 2.75) is 6.42 Å². The summed E-state index contributed by atoms with van der Waals surface area (Å²) in [4.78, 5) is 23.7. The van der Waals surface area contributed by atoms with Gasteiger partial charge in [-0.3, -0.25) is 9.59 Å². The second-order valence-corrected chi connectivity index (χ2v) is 4.78. The number of hydrogen-bond acceptors (Lipinski definition) is 3. The minimum absolute atomic E-state index is 0.112. The predicted molar refractivity (Wildman–Crippen MR) is 71.6 cm³/mol. The lowest BCUT2D eigenvalue weighted by Gasteiger charge is -2.05. The Balaban J connectivity index is 2.03. The molecule has 0 saturated carbocycles. The van der Waals surface area contributed by atoms with Crippen LogP contribution in [0.3, 0.4) is 0 Å². The van der Waals surface area contributed by atoms with Gasteiger partial charge >= 0.3 is 0 Å². The number of carbonyl (C=O) groups excluding carboxylic acids is 2. The highest BCUT2D eigenvalue weighted by Gasteiger charge is 2.06. The summed E-state index contributed by atoms with van der Waals surface area (Å²) in [6.45, 7) is 0. The molecule has 0 unspecified atom stereocenters. The fraction of sp³-hybridized carbons (Fsp3) is 0.0769. The molecule has 5 heteroatoms. The molecule has 0 fully saturated rings. The molecule has 92 valence electrons. The number of nitrogens with two attached hydrogens (primary N) is 1. The molecule has 0 saturated heterocycles. The van der Waals surface area contributed by atoms with Gasteiger partial charge in [-0.15, -0.1) is 11.3 Å². The third-order valence-corrected chi connectivity index (χ3v) is 3.22. The lowest BCUT2D eigenvalue weighted by atomic mass is 10.2. The summed E-state index contributed by atoms with van der Waals surface area (Å²) in [5.74, 6) is -0.622. The minimum Gasteiger partial charge on any atom is -0.366 e. The maximum absolute atomic E-state index is 11.7. The van der Waals surface area contributed by atoms with Crippen LogP contribution in [0.2, 0.25) is 0 Å². The van der Waals surface area contributed by atoms with E-state index >= 15 is 0 Å².